The van der Waals surface area contributed by atoms with Gasteiger partial charge in [0.05, 0.1) is 18.6 Å². The van der Waals surface area contributed by atoms with E-state index in [0.29, 0.717) is 22.5 Å². The van der Waals surface area contributed by atoms with Crippen LogP contribution in [-0.2, 0) is 10.0 Å². The molecule has 1 aliphatic heterocycles. The SMILES string of the molecule is COc1ccc(Br)c(NS(=O)(=O)CCN2CCNCC2)c1. The van der Waals surface area contributed by atoms with Crippen molar-refractivity contribution in [2.24, 2.45) is 0 Å². The van der Waals surface area contributed by atoms with Gasteiger partial charge >= 0.3 is 0 Å². The van der Waals surface area contributed by atoms with Crippen molar-refractivity contribution in [1.82, 2.24) is 10.2 Å². The lowest BCUT2D eigenvalue weighted by atomic mass is 10.3. The lowest BCUT2D eigenvalue weighted by Gasteiger charge is -2.27. The number of halogens is 1. The summed E-state index contributed by atoms with van der Waals surface area (Å²) in [5.41, 5.74) is 0.495. The summed E-state index contributed by atoms with van der Waals surface area (Å²) in [7, 11) is -1.83. The molecule has 21 heavy (non-hydrogen) atoms. The van der Waals surface area contributed by atoms with E-state index in [1.807, 2.05) is 0 Å². The van der Waals surface area contributed by atoms with E-state index in [1.54, 1.807) is 25.3 Å². The molecule has 8 heteroatoms. The average Bonchev–Trinajstić information content (AvgIpc) is 2.48. The van der Waals surface area contributed by atoms with Crippen LogP contribution < -0.4 is 14.8 Å². The number of rotatable bonds is 6. The quantitative estimate of drug-likeness (QED) is 0.776. The zero-order valence-electron chi connectivity index (χ0n) is 11.9. The Hall–Kier alpha value is -0.830. The lowest BCUT2D eigenvalue weighted by Crippen LogP contribution is -2.45. The molecule has 6 nitrogen and oxygen atoms in total. The van der Waals surface area contributed by atoms with Crippen LogP contribution in [0.15, 0.2) is 22.7 Å². The van der Waals surface area contributed by atoms with E-state index >= 15 is 0 Å². The molecule has 0 saturated carbocycles. The Bertz CT molecular complexity index is 574. The summed E-state index contributed by atoms with van der Waals surface area (Å²) < 4.78 is 32.8. The van der Waals surface area contributed by atoms with Crippen molar-refractivity contribution < 1.29 is 13.2 Å². The predicted octanol–water partition coefficient (Wildman–Crippen LogP) is 1.10. The fraction of sp³-hybridized carbons (Fsp3) is 0.538. The van der Waals surface area contributed by atoms with Gasteiger partial charge < -0.3 is 10.1 Å². The van der Waals surface area contributed by atoms with Gasteiger partial charge in [0.25, 0.3) is 0 Å². The Morgan fingerprint density at radius 3 is 2.76 bits per heavy atom. The van der Waals surface area contributed by atoms with Crippen LogP contribution in [0.3, 0.4) is 0 Å². The third kappa shape index (κ3) is 5.14. The molecule has 0 radical (unpaired) electrons. The first kappa shape index (κ1) is 16.5. The molecule has 1 aromatic carbocycles. The fourth-order valence-electron chi connectivity index (χ4n) is 2.11. The average molecular weight is 378 g/mol. The topological polar surface area (TPSA) is 70.7 Å². The monoisotopic (exact) mass is 377 g/mol. The smallest absolute Gasteiger partial charge is 0.234 e. The van der Waals surface area contributed by atoms with Gasteiger partial charge in [-0.2, -0.15) is 0 Å². The normalized spacial score (nSPS) is 16.7. The van der Waals surface area contributed by atoms with Crippen LogP contribution in [0, 0.1) is 0 Å². The molecule has 1 aliphatic rings. The summed E-state index contributed by atoms with van der Waals surface area (Å²) in [5, 5.41) is 3.24. The highest BCUT2D eigenvalue weighted by Gasteiger charge is 2.16. The van der Waals surface area contributed by atoms with Gasteiger partial charge in [0.2, 0.25) is 10.0 Å². The summed E-state index contributed by atoms with van der Waals surface area (Å²) in [5.74, 6) is 0.689. The van der Waals surface area contributed by atoms with E-state index in [4.69, 9.17) is 4.74 Å². The van der Waals surface area contributed by atoms with Crippen LogP contribution in [0.5, 0.6) is 5.75 Å². The maximum atomic E-state index is 12.2. The number of benzene rings is 1. The lowest BCUT2D eigenvalue weighted by molar-refractivity contribution is 0.254. The molecule has 0 aliphatic carbocycles. The molecule has 1 saturated heterocycles. The van der Waals surface area contributed by atoms with Gasteiger partial charge in [-0.05, 0) is 28.1 Å². The largest absolute Gasteiger partial charge is 0.497 e. The van der Waals surface area contributed by atoms with Crippen LogP contribution in [0.1, 0.15) is 0 Å². The summed E-state index contributed by atoms with van der Waals surface area (Å²) in [4.78, 5) is 2.15. The number of nitrogens with one attached hydrogen (secondary N) is 2. The highest BCUT2D eigenvalue weighted by molar-refractivity contribution is 9.10. The van der Waals surface area contributed by atoms with Crippen molar-refractivity contribution in [3.8, 4) is 5.75 Å². The summed E-state index contributed by atoms with van der Waals surface area (Å²) in [6.07, 6.45) is 0. The molecular formula is C13H20BrN3O3S. The zero-order valence-corrected chi connectivity index (χ0v) is 14.3. The van der Waals surface area contributed by atoms with E-state index in [-0.39, 0.29) is 5.75 Å². The molecule has 1 heterocycles. The van der Waals surface area contributed by atoms with Gasteiger partial charge in [-0.1, -0.05) is 0 Å². The number of hydrogen-bond acceptors (Lipinski definition) is 5. The first-order valence-corrected chi connectivity index (χ1v) is 9.22. The maximum absolute atomic E-state index is 12.2. The van der Waals surface area contributed by atoms with Gasteiger partial charge in [0.1, 0.15) is 5.75 Å². The van der Waals surface area contributed by atoms with E-state index in [1.165, 1.54) is 0 Å². The summed E-state index contributed by atoms with van der Waals surface area (Å²) in [6.45, 7) is 4.14. The Morgan fingerprint density at radius 1 is 1.38 bits per heavy atom. The van der Waals surface area contributed by atoms with E-state index in [0.717, 1.165) is 26.2 Å². The minimum Gasteiger partial charge on any atom is -0.497 e. The second-order valence-corrected chi connectivity index (χ2v) is 7.55. The van der Waals surface area contributed by atoms with E-state index in [9.17, 15) is 8.42 Å². The molecule has 0 atom stereocenters. The second kappa shape index (κ2) is 7.44. The van der Waals surface area contributed by atoms with Gasteiger partial charge in [-0.15, -0.1) is 0 Å². The number of ether oxygens (including phenoxy) is 1. The van der Waals surface area contributed by atoms with Crippen molar-refractivity contribution in [3.05, 3.63) is 22.7 Å². The van der Waals surface area contributed by atoms with Crippen LogP contribution >= 0.6 is 15.9 Å². The number of nitrogens with zero attached hydrogens (tertiary/aromatic N) is 1. The van der Waals surface area contributed by atoms with Gasteiger partial charge in [-0.25, -0.2) is 8.42 Å². The van der Waals surface area contributed by atoms with Crippen LogP contribution in [0.4, 0.5) is 5.69 Å². The zero-order chi connectivity index (χ0) is 15.3. The molecule has 0 amide bonds. The minimum absolute atomic E-state index is 0.0800. The Balaban J connectivity index is 1.96. The van der Waals surface area contributed by atoms with Crippen molar-refractivity contribution in [3.63, 3.8) is 0 Å². The van der Waals surface area contributed by atoms with Gasteiger partial charge in [0.15, 0.2) is 0 Å². The Kier molecular flexibility index (Phi) is 5.86. The predicted molar refractivity (Wildman–Crippen MR) is 87.4 cm³/mol. The van der Waals surface area contributed by atoms with E-state index < -0.39 is 10.0 Å². The first-order valence-electron chi connectivity index (χ1n) is 6.77. The molecule has 0 bridgehead atoms. The van der Waals surface area contributed by atoms with Gasteiger partial charge in [0, 0.05) is 43.3 Å². The number of sulfonamides is 1. The van der Waals surface area contributed by atoms with Crippen LogP contribution in [0.2, 0.25) is 0 Å². The summed E-state index contributed by atoms with van der Waals surface area (Å²) >= 11 is 3.34. The Labute approximate surface area is 134 Å². The third-order valence-corrected chi connectivity index (χ3v) is 5.27. The standard InChI is InChI=1S/C13H20BrN3O3S/c1-20-11-2-3-12(14)13(10-11)16-21(18,19)9-8-17-6-4-15-5-7-17/h2-3,10,15-16H,4-9H2,1H3. The number of anilines is 1. The highest BCUT2D eigenvalue weighted by Crippen LogP contribution is 2.27. The second-order valence-electron chi connectivity index (χ2n) is 4.86. The molecular weight excluding hydrogens is 358 g/mol. The number of piperazine rings is 1. The maximum Gasteiger partial charge on any atom is 0.234 e. The molecule has 2 rings (SSSR count). The molecule has 0 spiro atoms. The van der Waals surface area contributed by atoms with Crippen LogP contribution in [-0.4, -0.2) is 58.9 Å². The van der Waals surface area contributed by atoms with Crippen molar-refractivity contribution in [2.45, 2.75) is 0 Å². The minimum atomic E-state index is -3.38. The van der Waals surface area contributed by atoms with Crippen molar-refractivity contribution in [1.29, 1.82) is 0 Å². The number of methoxy groups -OCH3 is 1. The number of hydrogen-bond donors (Lipinski definition) is 2. The molecule has 0 unspecified atom stereocenters. The Morgan fingerprint density at radius 2 is 2.10 bits per heavy atom. The molecule has 118 valence electrons. The van der Waals surface area contributed by atoms with Gasteiger partial charge in [-0.3, -0.25) is 9.62 Å². The molecule has 1 fully saturated rings. The van der Waals surface area contributed by atoms with E-state index in [2.05, 4.69) is 30.9 Å². The molecule has 0 aromatic heterocycles. The summed E-state index contributed by atoms with van der Waals surface area (Å²) in [6, 6.07) is 5.18. The fourth-order valence-corrected chi connectivity index (χ4v) is 3.69. The first-order chi connectivity index (χ1) is 10.00. The van der Waals surface area contributed by atoms with Crippen LogP contribution in [0.25, 0.3) is 0 Å². The van der Waals surface area contributed by atoms with Crippen molar-refractivity contribution >= 4 is 31.6 Å². The highest BCUT2D eigenvalue weighted by atomic mass is 79.9. The third-order valence-electron chi connectivity index (χ3n) is 3.32. The van der Waals surface area contributed by atoms with Crippen molar-refractivity contribution in [2.75, 3.05) is 50.3 Å². The molecule has 1 aromatic rings. The molecule has 2 N–H and O–H groups in total.